The molecule has 0 aliphatic carbocycles. The standard InChI is InChI=1S/C12H8F3N3O/c13-8-3-4-9(11(15)10(8)14)18-12(19)17-7-2-1-5-16-6-7/h1-6H,(H2,17,18,19). The minimum Gasteiger partial charge on any atom is -0.306 e. The second kappa shape index (κ2) is 5.38. The zero-order valence-electron chi connectivity index (χ0n) is 9.45. The molecule has 0 unspecified atom stereocenters. The number of hydrogen-bond acceptors (Lipinski definition) is 2. The zero-order valence-corrected chi connectivity index (χ0v) is 9.45. The molecule has 19 heavy (non-hydrogen) atoms. The molecule has 98 valence electrons. The van der Waals surface area contributed by atoms with E-state index in [2.05, 4.69) is 15.6 Å². The van der Waals surface area contributed by atoms with E-state index in [0.717, 1.165) is 12.1 Å². The van der Waals surface area contributed by atoms with Gasteiger partial charge in [-0.15, -0.1) is 0 Å². The fraction of sp³-hybridized carbons (Fsp3) is 0. The number of aromatic nitrogens is 1. The fourth-order valence-corrected chi connectivity index (χ4v) is 1.34. The van der Waals surface area contributed by atoms with E-state index < -0.39 is 29.2 Å². The largest absolute Gasteiger partial charge is 0.323 e. The number of pyridine rings is 1. The van der Waals surface area contributed by atoms with Crippen molar-refractivity contribution in [1.29, 1.82) is 0 Å². The number of nitrogens with one attached hydrogen (secondary N) is 2. The van der Waals surface area contributed by atoms with Crippen LogP contribution in [0.2, 0.25) is 0 Å². The Kier molecular flexibility index (Phi) is 3.65. The number of rotatable bonds is 2. The third kappa shape index (κ3) is 3.01. The summed E-state index contributed by atoms with van der Waals surface area (Å²) in [6.45, 7) is 0. The molecule has 0 saturated heterocycles. The highest BCUT2D eigenvalue weighted by atomic mass is 19.2. The van der Waals surface area contributed by atoms with Crippen LogP contribution in [-0.4, -0.2) is 11.0 Å². The molecule has 0 atom stereocenters. The lowest BCUT2D eigenvalue weighted by molar-refractivity contribution is 0.262. The van der Waals surface area contributed by atoms with E-state index >= 15 is 0 Å². The van der Waals surface area contributed by atoms with Gasteiger partial charge in [-0.25, -0.2) is 18.0 Å². The second-order valence-electron chi connectivity index (χ2n) is 3.54. The van der Waals surface area contributed by atoms with Crippen LogP contribution in [-0.2, 0) is 0 Å². The van der Waals surface area contributed by atoms with Crippen molar-refractivity contribution in [2.24, 2.45) is 0 Å². The van der Waals surface area contributed by atoms with Crippen molar-refractivity contribution in [2.45, 2.75) is 0 Å². The minimum absolute atomic E-state index is 0.378. The summed E-state index contributed by atoms with van der Waals surface area (Å²) in [6.07, 6.45) is 2.89. The molecule has 2 aromatic rings. The van der Waals surface area contributed by atoms with Crippen molar-refractivity contribution in [1.82, 2.24) is 4.98 Å². The van der Waals surface area contributed by atoms with E-state index in [4.69, 9.17) is 0 Å². The van der Waals surface area contributed by atoms with Crippen LogP contribution < -0.4 is 10.6 Å². The van der Waals surface area contributed by atoms with Gasteiger partial charge in [0.15, 0.2) is 17.5 Å². The van der Waals surface area contributed by atoms with Crippen molar-refractivity contribution >= 4 is 17.4 Å². The molecule has 0 fully saturated rings. The second-order valence-corrected chi connectivity index (χ2v) is 3.54. The predicted octanol–water partition coefficient (Wildman–Crippen LogP) is 3.14. The summed E-state index contributed by atoms with van der Waals surface area (Å²) in [5.74, 6) is -4.42. The van der Waals surface area contributed by atoms with Crippen LogP contribution in [0.1, 0.15) is 0 Å². The first-order chi connectivity index (χ1) is 9.08. The Labute approximate surface area is 106 Å². The molecule has 0 spiro atoms. The molecule has 0 bridgehead atoms. The summed E-state index contributed by atoms with van der Waals surface area (Å²) in [6, 6.07) is 4.01. The van der Waals surface area contributed by atoms with Gasteiger partial charge in [0, 0.05) is 6.20 Å². The Balaban J connectivity index is 2.10. The fourth-order valence-electron chi connectivity index (χ4n) is 1.34. The number of benzene rings is 1. The molecule has 2 amide bonds. The third-order valence-corrected chi connectivity index (χ3v) is 2.20. The average Bonchev–Trinajstić information content (AvgIpc) is 2.41. The van der Waals surface area contributed by atoms with Crippen LogP contribution in [0, 0.1) is 17.5 Å². The third-order valence-electron chi connectivity index (χ3n) is 2.20. The highest BCUT2D eigenvalue weighted by Gasteiger charge is 2.15. The summed E-state index contributed by atoms with van der Waals surface area (Å²) in [5, 5.41) is 4.42. The van der Waals surface area contributed by atoms with Crippen LogP contribution in [0.25, 0.3) is 0 Å². The van der Waals surface area contributed by atoms with Gasteiger partial charge in [0.1, 0.15) is 0 Å². The van der Waals surface area contributed by atoms with Gasteiger partial charge in [-0.3, -0.25) is 4.98 Å². The van der Waals surface area contributed by atoms with Crippen LogP contribution in [0.5, 0.6) is 0 Å². The van der Waals surface area contributed by atoms with Gasteiger partial charge in [0.25, 0.3) is 0 Å². The monoisotopic (exact) mass is 267 g/mol. The summed E-state index contributed by atoms with van der Waals surface area (Å²) < 4.78 is 38.9. The van der Waals surface area contributed by atoms with E-state index in [1.54, 1.807) is 12.1 Å². The lowest BCUT2D eigenvalue weighted by Gasteiger charge is -2.08. The zero-order chi connectivity index (χ0) is 13.8. The number of carbonyl (C=O) groups excluding carboxylic acids is 1. The normalized spacial score (nSPS) is 10.1. The average molecular weight is 267 g/mol. The molecule has 2 rings (SSSR count). The maximum Gasteiger partial charge on any atom is 0.323 e. The maximum atomic E-state index is 13.3. The highest BCUT2D eigenvalue weighted by molar-refractivity contribution is 5.99. The van der Waals surface area contributed by atoms with Crippen LogP contribution in [0.3, 0.4) is 0 Å². The first-order valence-corrected chi connectivity index (χ1v) is 5.19. The highest BCUT2D eigenvalue weighted by Crippen LogP contribution is 2.19. The molecule has 1 aromatic carbocycles. The Morgan fingerprint density at radius 3 is 2.53 bits per heavy atom. The van der Waals surface area contributed by atoms with E-state index in [0.29, 0.717) is 5.69 Å². The number of urea groups is 1. The number of halogens is 3. The smallest absolute Gasteiger partial charge is 0.306 e. The van der Waals surface area contributed by atoms with Gasteiger partial charge in [0.05, 0.1) is 17.6 Å². The number of nitrogens with zero attached hydrogens (tertiary/aromatic N) is 1. The quantitative estimate of drug-likeness (QED) is 0.821. The van der Waals surface area contributed by atoms with Crippen molar-refractivity contribution in [2.75, 3.05) is 10.6 Å². The molecule has 4 nitrogen and oxygen atoms in total. The molecule has 0 aliphatic rings. The van der Waals surface area contributed by atoms with Crippen molar-refractivity contribution in [3.63, 3.8) is 0 Å². The first-order valence-electron chi connectivity index (χ1n) is 5.19. The molecule has 1 aromatic heterocycles. The lowest BCUT2D eigenvalue weighted by atomic mass is 10.3. The molecule has 1 heterocycles. The van der Waals surface area contributed by atoms with E-state index in [1.165, 1.54) is 12.4 Å². The molecule has 0 radical (unpaired) electrons. The first kappa shape index (κ1) is 12.9. The van der Waals surface area contributed by atoms with Gasteiger partial charge in [-0.2, -0.15) is 0 Å². The molecule has 7 heteroatoms. The van der Waals surface area contributed by atoms with Gasteiger partial charge < -0.3 is 10.6 Å². The minimum atomic E-state index is -1.64. The number of anilines is 2. The predicted molar refractivity (Wildman–Crippen MR) is 63.2 cm³/mol. The molecular formula is C12H8F3N3O. The molecule has 0 saturated carbocycles. The summed E-state index contributed by atoms with van der Waals surface area (Å²) >= 11 is 0. The Morgan fingerprint density at radius 1 is 1.05 bits per heavy atom. The summed E-state index contributed by atoms with van der Waals surface area (Å²) in [4.78, 5) is 15.3. The number of carbonyl (C=O) groups is 1. The van der Waals surface area contributed by atoms with Crippen molar-refractivity contribution < 1.29 is 18.0 Å². The van der Waals surface area contributed by atoms with Crippen LogP contribution in [0.4, 0.5) is 29.3 Å². The van der Waals surface area contributed by atoms with Gasteiger partial charge in [-0.05, 0) is 24.3 Å². The van der Waals surface area contributed by atoms with E-state index in [-0.39, 0.29) is 0 Å². The van der Waals surface area contributed by atoms with Gasteiger partial charge >= 0.3 is 6.03 Å². The summed E-state index contributed by atoms with van der Waals surface area (Å²) in [7, 11) is 0. The molecule has 2 N–H and O–H groups in total. The van der Waals surface area contributed by atoms with Crippen molar-refractivity contribution in [3.8, 4) is 0 Å². The van der Waals surface area contributed by atoms with Gasteiger partial charge in [0.2, 0.25) is 0 Å². The molecular weight excluding hydrogens is 259 g/mol. The SMILES string of the molecule is O=C(Nc1cccnc1)Nc1ccc(F)c(F)c1F. The van der Waals surface area contributed by atoms with E-state index in [1.807, 2.05) is 0 Å². The van der Waals surface area contributed by atoms with Crippen molar-refractivity contribution in [3.05, 3.63) is 54.1 Å². The van der Waals surface area contributed by atoms with Crippen LogP contribution in [0.15, 0.2) is 36.7 Å². The maximum absolute atomic E-state index is 13.3. The Hall–Kier alpha value is -2.57. The Bertz CT molecular complexity index is 605. The van der Waals surface area contributed by atoms with E-state index in [9.17, 15) is 18.0 Å². The topological polar surface area (TPSA) is 54.0 Å². The molecule has 0 aliphatic heterocycles. The van der Waals surface area contributed by atoms with Gasteiger partial charge in [-0.1, -0.05) is 0 Å². The number of hydrogen-bond donors (Lipinski definition) is 2. The summed E-state index contributed by atoms with van der Waals surface area (Å²) in [5.41, 5.74) is -0.0803. The Morgan fingerprint density at radius 2 is 1.84 bits per heavy atom. The number of amides is 2. The van der Waals surface area contributed by atoms with Crippen LogP contribution >= 0.6 is 0 Å². The lowest BCUT2D eigenvalue weighted by Crippen LogP contribution is -2.20.